The highest BCUT2D eigenvalue weighted by Gasteiger charge is 2.33. The molecule has 1 aromatic carbocycles. The highest BCUT2D eigenvalue weighted by atomic mass is 35.5. The van der Waals surface area contributed by atoms with Gasteiger partial charge in [0.2, 0.25) is 0 Å². The van der Waals surface area contributed by atoms with Crippen LogP contribution >= 0.6 is 11.6 Å². The maximum Gasteiger partial charge on any atom is 0.317 e. The van der Waals surface area contributed by atoms with Gasteiger partial charge in [0.1, 0.15) is 5.75 Å². The van der Waals surface area contributed by atoms with Crippen molar-refractivity contribution in [3.63, 3.8) is 0 Å². The lowest BCUT2D eigenvalue weighted by Gasteiger charge is -2.40. The molecule has 5 nitrogen and oxygen atoms in total. The predicted octanol–water partition coefficient (Wildman–Crippen LogP) is 3.04. The number of halogens is 1. The maximum atomic E-state index is 12.3. The summed E-state index contributed by atoms with van der Waals surface area (Å²) >= 11 is 5.94. The second kappa shape index (κ2) is 7.88. The minimum Gasteiger partial charge on any atom is -0.496 e. The Hall–Kier alpha value is -1.46. The van der Waals surface area contributed by atoms with E-state index in [1.165, 1.54) is 0 Å². The fraction of sp³-hybridized carbons (Fsp3) is 0.588. The Kier molecular flexibility index (Phi) is 6.13. The summed E-state index contributed by atoms with van der Waals surface area (Å²) in [6.45, 7) is 4.05. The number of amides is 2. The molecule has 0 aliphatic carbocycles. The number of benzene rings is 1. The third-order valence-corrected chi connectivity index (χ3v) is 5.11. The van der Waals surface area contributed by atoms with Crippen molar-refractivity contribution in [2.75, 3.05) is 26.8 Å². The Labute approximate surface area is 142 Å². The molecule has 0 spiro atoms. The largest absolute Gasteiger partial charge is 0.496 e. The van der Waals surface area contributed by atoms with E-state index < -0.39 is 0 Å². The molecule has 0 saturated carbocycles. The molecule has 0 aromatic heterocycles. The van der Waals surface area contributed by atoms with Crippen molar-refractivity contribution in [3.05, 3.63) is 28.8 Å². The van der Waals surface area contributed by atoms with Gasteiger partial charge in [-0.3, -0.25) is 0 Å². The molecule has 2 rings (SSSR count). The van der Waals surface area contributed by atoms with Crippen LogP contribution in [0.25, 0.3) is 0 Å². The van der Waals surface area contributed by atoms with Crippen molar-refractivity contribution >= 4 is 17.6 Å². The Morgan fingerprint density at radius 3 is 2.70 bits per heavy atom. The second-order valence-corrected chi connectivity index (χ2v) is 6.55. The van der Waals surface area contributed by atoms with Gasteiger partial charge in [-0.1, -0.05) is 24.6 Å². The average Bonchev–Trinajstić information content (AvgIpc) is 2.60. The minimum absolute atomic E-state index is 0.0177. The number of ether oxygens (including phenoxy) is 1. The number of carbonyl (C=O) groups excluding carboxylic acids is 1. The normalized spacial score (nSPS) is 17.0. The number of hydrogen-bond donors (Lipinski definition) is 2. The first-order chi connectivity index (χ1) is 11.0. The molecule has 1 aliphatic heterocycles. The Morgan fingerprint density at radius 2 is 2.13 bits per heavy atom. The molecular formula is C17H25ClN2O3. The van der Waals surface area contributed by atoms with Gasteiger partial charge >= 0.3 is 6.03 Å². The summed E-state index contributed by atoms with van der Waals surface area (Å²) in [5, 5.41) is 13.1. The summed E-state index contributed by atoms with van der Waals surface area (Å²) in [5.74, 6) is 0.668. The van der Waals surface area contributed by atoms with Crippen LogP contribution in [0.3, 0.4) is 0 Å². The molecule has 1 heterocycles. The number of carbonyl (C=O) groups is 1. The van der Waals surface area contributed by atoms with E-state index in [0.717, 1.165) is 24.8 Å². The molecule has 23 heavy (non-hydrogen) atoms. The van der Waals surface area contributed by atoms with Crippen molar-refractivity contribution in [2.45, 2.75) is 32.7 Å². The van der Waals surface area contributed by atoms with Crippen LogP contribution in [0.2, 0.25) is 5.02 Å². The summed E-state index contributed by atoms with van der Waals surface area (Å²) in [4.78, 5) is 14.1. The van der Waals surface area contributed by atoms with Gasteiger partial charge in [-0.2, -0.15) is 0 Å². The zero-order valence-corrected chi connectivity index (χ0v) is 14.5. The lowest BCUT2D eigenvalue weighted by atomic mass is 9.77. The first-order valence-electron chi connectivity index (χ1n) is 7.99. The summed E-state index contributed by atoms with van der Waals surface area (Å²) in [6, 6.07) is 5.29. The highest BCUT2D eigenvalue weighted by molar-refractivity contribution is 6.30. The SMILES string of the molecule is CCC1(CO)CCN(C(=O)NCc2ccc(Cl)cc2OC)CC1. The first-order valence-corrected chi connectivity index (χ1v) is 8.37. The third kappa shape index (κ3) is 4.30. The van der Waals surface area contributed by atoms with E-state index in [2.05, 4.69) is 12.2 Å². The van der Waals surface area contributed by atoms with Crippen molar-refractivity contribution in [1.29, 1.82) is 0 Å². The molecule has 1 fully saturated rings. The highest BCUT2D eigenvalue weighted by Crippen LogP contribution is 2.34. The summed E-state index contributed by atoms with van der Waals surface area (Å²) < 4.78 is 5.28. The molecule has 0 radical (unpaired) electrons. The van der Waals surface area contributed by atoms with E-state index in [4.69, 9.17) is 16.3 Å². The average molecular weight is 341 g/mol. The summed E-state index contributed by atoms with van der Waals surface area (Å²) in [6.07, 6.45) is 2.64. The van der Waals surface area contributed by atoms with Crippen LogP contribution in [0.1, 0.15) is 31.7 Å². The number of likely N-dealkylation sites (tertiary alicyclic amines) is 1. The molecule has 1 aliphatic rings. The van der Waals surface area contributed by atoms with Crippen molar-refractivity contribution in [1.82, 2.24) is 10.2 Å². The maximum absolute atomic E-state index is 12.3. The molecular weight excluding hydrogens is 316 g/mol. The molecule has 128 valence electrons. The number of rotatable bonds is 5. The zero-order valence-electron chi connectivity index (χ0n) is 13.8. The van der Waals surface area contributed by atoms with Crippen LogP contribution in [0.15, 0.2) is 18.2 Å². The standard InChI is InChI=1S/C17H25ClN2O3/c1-3-17(12-21)6-8-20(9-7-17)16(22)19-11-13-4-5-14(18)10-15(13)23-2/h4-5,10,21H,3,6-9,11-12H2,1-2H3,(H,19,22). The van der Waals surface area contributed by atoms with Gasteiger partial charge in [0.25, 0.3) is 0 Å². The minimum atomic E-state index is -0.0790. The number of nitrogens with zero attached hydrogens (tertiary/aromatic N) is 1. The van der Waals surface area contributed by atoms with Gasteiger partial charge in [0.15, 0.2) is 0 Å². The number of piperidine rings is 1. The molecule has 0 bridgehead atoms. The molecule has 2 amide bonds. The van der Waals surface area contributed by atoms with Gasteiger partial charge in [-0.15, -0.1) is 0 Å². The van der Waals surface area contributed by atoms with Crippen molar-refractivity contribution in [2.24, 2.45) is 5.41 Å². The summed E-state index contributed by atoms with van der Waals surface area (Å²) in [7, 11) is 1.58. The molecule has 6 heteroatoms. The monoisotopic (exact) mass is 340 g/mol. The predicted molar refractivity (Wildman–Crippen MR) is 90.9 cm³/mol. The van der Waals surface area contributed by atoms with Crippen molar-refractivity contribution in [3.8, 4) is 5.75 Å². The fourth-order valence-corrected chi connectivity index (χ4v) is 3.12. The smallest absolute Gasteiger partial charge is 0.317 e. The molecule has 1 saturated heterocycles. The van der Waals surface area contributed by atoms with E-state index in [1.807, 2.05) is 11.0 Å². The Bertz CT molecular complexity index is 537. The number of nitrogens with one attached hydrogen (secondary N) is 1. The van der Waals surface area contributed by atoms with E-state index in [9.17, 15) is 9.90 Å². The van der Waals surface area contributed by atoms with Crippen LogP contribution < -0.4 is 10.1 Å². The fourth-order valence-electron chi connectivity index (χ4n) is 2.95. The molecule has 2 N–H and O–H groups in total. The number of aliphatic hydroxyl groups excluding tert-OH is 1. The van der Waals surface area contributed by atoms with Crippen LogP contribution in [0.5, 0.6) is 5.75 Å². The van der Waals surface area contributed by atoms with E-state index in [1.54, 1.807) is 19.2 Å². The van der Waals surface area contributed by atoms with Crippen molar-refractivity contribution < 1.29 is 14.6 Å². The van der Waals surface area contributed by atoms with Gasteiger partial charge in [0, 0.05) is 36.8 Å². The van der Waals surface area contributed by atoms with Crippen LogP contribution in [0, 0.1) is 5.41 Å². The third-order valence-electron chi connectivity index (χ3n) is 4.88. The summed E-state index contributed by atoms with van der Waals surface area (Å²) in [5.41, 5.74) is 0.872. The number of methoxy groups -OCH3 is 1. The Morgan fingerprint density at radius 1 is 1.43 bits per heavy atom. The van der Waals surface area contributed by atoms with Crippen LogP contribution in [-0.4, -0.2) is 42.8 Å². The van der Waals surface area contributed by atoms with Gasteiger partial charge in [0.05, 0.1) is 7.11 Å². The quantitative estimate of drug-likeness (QED) is 0.866. The first kappa shape index (κ1) is 17.9. The molecule has 0 atom stereocenters. The van der Waals surface area contributed by atoms with Crippen LogP contribution in [0.4, 0.5) is 4.79 Å². The molecule has 0 unspecified atom stereocenters. The number of hydrogen-bond acceptors (Lipinski definition) is 3. The van der Waals surface area contributed by atoms with E-state index in [-0.39, 0.29) is 18.1 Å². The number of aliphatic hydroxyl groups is 1. The van der Waals surface area contributed by atoms with Gasteiger partial charge in [-0.05, 0) is 36.8 Å². The van der Waals surface area contributed by atoms with Gasteiger partial charge < -0.3 is 20.1 Å². The van der Waals surface area contributed by atoms with E-state index >= 15 is 0 Å². The lowest BCUT2D eigenvalue weighted by Crippen LogP contribution is -2.48. The topological polar surface area (TPSA) is 61.8 Å². The zero-order chi connectivity index (χ0) is 16.9. The Balaban J connectivity index is 1.89. The van der Waals surface area contributed by atoms with E-state index in [0.29, 0.717) is 30.4 Å². The number of urea groups is 1. The van der Waals surface area contributed by atoms with Gasteiger partial charge in [-0.25, -0.2) is 4.79 Å². The molecule has 1 aromatic rings. The lowest BCUT2D eigenvalue weighted by molar-refractivity contribution is 0.0519. The van der Waals surface area contributed by atoms with Crippen LogP contribution in [-0.2, 0) is 6.54 Å². The second-order valence-electron chi connectivity index (χ2n) is 6.11.